The van der Waals surface area contributed by atoms with Gasteiger partial charge in [0, 0.05) is 6.07 Å². The Hall–Kier alpha value is -2.07. The minimum atomic E-state index is -0.380. The van der Waals surface area contributed by atoms with E-state index in [1.165, 1.54) is 18.2 Å². The minimum Gasteiger partial charge on any atom is -0.489 e. The lowest BCUT2D eigenvalue weighted by Crippen LogP contribution is -2.09. The molecule has 1 aromatic carbocycles. The van der Waals surface area contributed by atoms with E-state index < -0.39 is 0 Å². The number of hydrogen-bond acceptors (Lipinski definition) is 5. The number of rotatable bonds is 5. The van der Waals surface area contributed by atoms with Crippen molar-refractivity contribution in [3.05, 3.63) is 40.3 Å². The van der Waals surface area contributed by atoms with Gasteiger partial charge in [0.05, 0.1) is 10.5 Å². The van der Waals surface area contributed by atoms with Gasteiger partial charge in [0.15, 0.2) is 0 Å². The summed E-state index contributed by atoms with van der Waals surface area (Å²) in [5.74, 6) is 0.290. The lowest BCUT2D eigenvalue weighted by molar-refractivity contribution is 0.203. The van der Waals surface area contributed by atoms with E-state index in [2.05, 4.69) is 25.6 Å². The van der Waals surface area contributed by atoms with Gasteiger partial charge < -0.3 is 14.0 Å². The summed E-state index contributed by atoms with van der Waals surface area (Å²) in [6.45, 7) is 0.400. The summed E-state index contributed by atoms with van der Waals surface area (Å²) in [6, 6.07) is 7.32. The van der Waals surface area contributed by atoms with Gasteiger partial charge in [-0.05, 0) is 33.2 Å². The van der Waals surface area contributed by atoms with Gasteiger partial charge in [-0.1, -0.05) is 0 Å². The minimum absolute atomic E-state index is 0.0730. The van der Waals surface area contributed by atoms with Gasteiger partial charge in [-0.15, -0.1) is 0 Å². The van der Waals surface area contributed by atoms with Crippen molar-refractivity contribution in [2.24, 2.45) is 0 Å². The molecule has 0 unspecified atom stereocenters. The Balaban J connectivity index is 1.80. The van der Waals surface area contributed by atoms with Crippen LogP contribution in [0.1, 0.15) is 5.76 Å². The Morgan fingerprint density at radius 1 is 1.32 bits per heavy atom. The van der Waals surface area contributed by atoms with E-state index in [9.17, 15) is 4.39 Å². The zero-order chi connectivity index (χ0) is 13.7. The number of ether oxygens (including phenoxy) is 2. The number of benzene rings is 1. The molecule has 2 rings (SSSR count). The average molecular weight is 327 g/mol. The molecular weight excluding hydrogens is 319 g/mol. The van der Waals surface area contributed by atoms with E-state index in [0.29, 0.717) is 10.2 Å². The number of hydrogen-bond donors (Lipinski definition) is 0. The second-order valence-electron chi connectivity index (χ2n) is 3.41. The topological polar surface area (TPSA) is 68.3 Å². The molecule has 1 aromatic heterocycles. The molecule has 0 bridgehead atoms. The smallest absolute Gasteiger partial charge is 0.255 e. The SMILES string of the molecule is N#Cc1cc(OCCOc2cc(F)ccc2Br)no1. The third kappa shape index (κ3) is 3.69. The second kappa shape index (κ2) is 6.20. The first-order valence-electron chi connectivity index (χ1n) is 5.26. The number of aromatic nitrogens is 1. The van der Waals surface area contributed by atoms with Crippen LogP contribution in [-0.2, 0) is 0 Å². The first kappa shape index (κ1) is 13.4. The average Bonchev–Trinajstić information content (AvgIpc) is 2.86. The van der Waals surface area contributed by atoms with Crippen LogP contribution in [0.15, 0.2) is 33.3 Å². The Labute approximate surface area is 116 Å². The van der Waals surface area contributed by atoms with Crippen LogP contribution in [0.4, 0.5) is 4.39 Å². The Bertz CT molecular complexity index is 609. The largest absolute Gasteiger partial charge is 0.489 e. The monoisotopic (exact) mass is 326 g/mol. The first-order valence-corrected chi connectivity index (χ1v) is 6.06. The van der Waals surface area contributed by atoms with Crippen LogP contribution in [-0.4, -0.2) is 18.4 Å². The second-order valence-corrected chi connectivity index (χ2v) is 4.27. The van der Waals surface area contributed by atoms with Crippen LogP contribution in [0.25, 0.3) is 0 Å². The fourth-order valence-electron chi connectivity index (χ4n) is 1.27. The molecule has 0 fully saturated rings. The van der Waals surface area contributed by atoms with Gasteiger partial charge in [0.2, 0.25) is 5.76 Å². The van der Waals surface area contributed by atoms with Crippen molar-refractivity contribution < 1.29 is 18.4 Å². The molecule has 0 N–H and O–H groups in total. The van der Waals surface area contributed by atoms with Crippen molar-refractivity contribution in [3.63, 3.8) is 0 Å². The van der Waals surface area contributed by atoms with E-state index in [4.69, 9.17) is 14.7 Å². The van der Waals surface area contributed by atoms with Crippen LogP contribution in [0.5, 0.6) is 11.6 Å². The maximum Gasteiger partial charge on any atom is 0.255 e. The summed E-state index contributed by atoms with van der Waals surface area (Å²) in [6.07, 6.45) is 0. The lowest BCUT2D eigenvalue weighted by atomic mass is 10.3. The highest BCUT2D eigenvalue weighted by molar-refractivity contribution is 9.10. The van der Waals surface area contributed by atoms with Crippen LogP contribution in [0.3, 0.4) is 0 Å². The molecule has 0 radical (unpaired) electrons. The highest BCUT2D eigenvalue weighted by Crippen LogP contribution is 2.25. The van der Waals surface area contributed by atoms with Crippen LogP contribution < -0.4 is 9.47 Å². The van der Waals surface area contributed by atoms with E-state index in [1.54, 1.807) is 12.1 Å². The molecule has 0 spiro atoms. The van der Waals surface area contributed by atoms with Crippen molar-refractivity contribution in [1.82, 2.24) is 5.16 Å². The fourth-order valence-corrected chi connectivity index (χ4v) is 1.63. The summed E-state index contributed by atoms with van der Waals surface area (Å²) in [4.78, 5) is 0. The molecule has 0 aliphatic carbocycles. The maximum atomic E-state index is 13.0. The van der Waals surface area contributed by atoms with Gasteiger partial charge in [0.1, 0.15) is 30.8 Å². The van der Waals surface area contributed by atoms with Crippen molar-refractivity contribution >= 4 is 15.9 Å². The van der Waals surface area contributed by atoms with Crippen LogP contribution in [0, 0.1) is 17.1 Å². The number of nitrogens with zero attached hydrogens (tertiary/aromatic N) is 2. The summed E-state index contributed by atoms with van der Waals surface area (Å²) in [5, 5.41) is 12.0. The molecule has 98 valence electrons. The van der Waals surface area contributed by atoms with Crippen molar-refractivity contribution in [2.45, 2.75) is 0 Å². The zero-order valence-corrected chi connectivity index (χ0v) is 11.2. The van der Waals surface area contributed by atoms with Crippen molar-refractivity contribution in [1.29, 1.82) is 5.26 Å². The predicted octanol–water partition coefficient (Wildman–Crippen LogP) is 2.91. The van der Waals surface area contributed by atoms with E-state index >= 15 is 0 Å². The first-order chi connectivity index (χ1) is 9.19. The van der Waals surface area contributed by atoms with E-state index in [0.717, 1.165) is 0 Å². The maximum absolute atomic E-state index is 13.0. The quantitative estimate of drug-likeness (QED) is 0.790. The molecule has 0 aliphatic heterocycles. The summed E-state index contributed by atoms with van der Waals surface area (Å²) in [7, 11) is 0. The van der Waals surface area contributed by atoms with E-state index in [-0.39, 0.29) is 30.7 Å². The molecule has 19 heavy (non-hydrogen) atoms. The van der Waals surface area contributed by atoms with Gasteiger partial charge in [0.25, 0.3) is 5.88 Å². The summed E-state index contributed by atoms with van der Waals surface area (Å²) >= 11 is 3.24. The van der Waals surface area contributed by atoms with Gasteiger partial charge >= 0.3 is 0 Å². The lowest BCUT2D eigenvalue weighted by Gasteiger charge is -2.08. The van der Waals surface area contributed by atoms with E-state index in [1.807, 2.05) is 0 Å². The van der Waals surface area contributed by atoms with Gasteiger partial charge in [-0.25, -0.2) is 4.39 Å². The highest BCUT2D eigenvalue weighted by Gasteiger charge is 2.05. The van der Waals surface area contributed by atoms with Crippen molar-refractivity contribution in [2.75, 3.05) is 13.2 Å². The molecule has 0 aliphatic rings. The Morgan fingerprint density at radius 3 is 2.84 bits per heavy atom. The fraction of sp³-hybridized carbons (Fsp3) is 0.167. The molecule has 0 saturated heterocycles. The third-order valence-corrected chi connectivity index (χ3v) is 2.74. The Kier molecular flexibility index (Phi) is 4.36. The molecule has 0 saturated carbocycles. The summed E-state index contributed by atoms with van der Waals surface area (Å²) in [5.41, 5.74) is 0. The summed E-state index contributed by atoms with van der Waals surface area (Å²) < 4.78 is 28.8. The highest BCUT2D eigenvalue weighted by atomic mass is 79.9. The number of nitriles is 1. The molecule has 1 heterocycles. The van der Waals surface area contributed by atoms with Crippen LogP contribution >= 0.6 is 15.9 Å². The molecule has 0 atom stereocenters. The van der Waals surface area contributed by atoms with Crippen molar-refractivity contribution in [3.8, 4) is 17.7 Å². The number of halogens is 2. The van der Waals surface area contributed by atoms with Gasteiger partial charge in [-0.3, -0.25) is 0 Å². The van der Waals surface area contributed by atoms with Crippen LogP contribution in [0.2, 0.25) is 0 Å². The molecule has 0 amide bonds. The third-order valence-electron chi connectivity index (χ3n) is 2.08. The molecular formula is C12H8BrFN2O3. The molecule has 5 nitrogen and oxygen atoms in total. The van der Waals surface area contributed by atoms with Gasteiger partial charge in [-0.2, -0.15) is 5.26 Å². The molecule has 2 aromatic rings. The Morgan fingerprint density at radius 2 is 2.11 bits per heavy atom. The molecule has 7 heteroatoms. The normalized spacial score (nSPS) is 9.95. The zero-order valence-electron chi connectivity index (χ0n) is 9.60. The standard InChI is InChI=1S/C12H8BrFN2O3/c13-10-2-1-8(14)5-11(10)17-3-4-18-12-6-9(7-15)19-16-12/h1-2,5-6H,3-4H2. The predicted molar refractivity (Wildman–Crippen MR) is 66.3 cm³/mol.